The Bertz CT molecular complexity index is 1020. The third kappa shape index (κ3) is 4.48. The molecule has 0 unspecified atom stereocenters. The van der Waals surface area contributed by atoms with E-state index in [4.69, 9.17) is 0 Å². The van der Waals surface area contributed by atoms with Gasteiger partial charge in [0.2, 0.25) is 5.91 Å². The Hall–Kier alpha value is -3.29. The van der Waals surface area contributed by atoms with Crippen molar-refractivity contribution in [1.29, 1.82) is 0 Å². The van der Waals surface area contributed by atoms with Crippen LogP contribution < -0.4 is 10.7 Å². The highest BCUT2D eigenvalue weighted by Gasteiger charge is 2.32. The predicted molar refractivity (Wildman–Crippen MR) is 116 cm³/mol. The van der Waals surface area contributed by atoms with E-state index in [1.165, 1.54) is 0 Å². The van der Waals surface area contributed by atoms with E-state index in [-0.39, 0.29) is 11.9 Å². The number of nitrogens with one attached hydrogen (secondary N) is 2. The molecule has 7 heteroatoms. The van der Waals surface area contributed by atoms with Gasteiger partial charge in [-0.25, -0.2) is 4.98 Å². The van der Waals surface area contributed by atoms with E-state index in [1.54, 1.807) is 18.5 Å². The molecule has 7 nitrogen and oxygen atoms in total. The van der Waals surface area contributed by atoms with Crippen LogP contribution in [0.3, 0.4) is 0 Å². The third-order valence-electron chi connectivity index (χ3n) is 5.22. The first-order valence-electron chi connectivity index (χ1n) is 9.98. The van der Waals surface area contributed by atoms with Crippen LogP contribution in [0.1, 0.15) is 32.4 Å². The molecule has 1 aromatic carbocycles. The van der Waals surface area contributed by atoms with Crippen molar-refractivity contribution >= 4 is 17.4 Å². The zero-order valence-electron chi connectivity index (χ0n) is 17.0. The van der Waals surface area contributed by atoms with E-state index in [0.29, 0.717) is 17.2 Å². The minimum atomic E-state index is -0.862. The minimum absolute atomic E-state index is 0.126. The lowest BCUT2D eigenvalue weighted by Gasteiger charge is -2.24. The van der Waals surface area contributed by atoms with E-state index >= 15 is 0 Å². The summed E-state index contributed by atoms with van der Waals surface area (Å²) in [6, 6.07) is 17.1. The summed E-state index contributed by atoms with van der Waals surface area (Å²) in [4.78, 5) is 21.7. The molecule has 0 radical (unpaired) electrons. The Morgan fingerprint density at radius 1 is 1.07 bits per heavy atom. The highest BCUT2D eigenvalue weighted by molar-refractivity contribution is 5.98. The lowest BCUT2D eigenvalue weighted by molar-refractivity contribution is -0.120. The topological polar surface area (TPSA) is 90.4 Å². The van der Waals surface area contributed by atoms with Gasteiger partial charge in [0.15, 0.2) is 0 Å². The molecule has 1 amide bonds. The first kappa shape index (κ1) is 20.0. The number of hydroxylamine groups is 1. The van der Waals surface area contributed by atoms with Crippen LogP contribution in [-0.2, 0) is 10.2 Å². The van der Waals surface area contributed by atoms with E-state index in [1.807, 2.05) is 62.4 Å². The molecule has 1 fully saturated rings. The summed E-state index contributed by atoms with van der Waals surface area (Å²) in [5, 5.41) is 14.0. The molecular formula is C23H25N5O2. The fourth-order valence-corrected chi connectivity index (χ4v) is 3.06. The number of pyridine rings is 2. The molecule has 0 saturated heterocycles. The highest BCUT2D eigenvalue weighted by Crippen LogP contribution is 2.28. The van der Waals surface area contributed by atoms with Crippen LogP contribution in [0.4, 0.5) is 11.5 Å². The standard InChI is InChI=1S/C23H25N5O2/c1-23(2,20-6-3-7-21(26-20)27-28(30)19-12-13-19)22(29)25-18-10-8-16(9-11-18)17-5-4-14-24-15-17/h3-11,14-15,19,30H,12-13H2,1-2H3,(H,25,29)(H,26,27). The van der Waals surface area contributed by atoms with Gasteiger partial charge in [-0.15, -0.1) is 5.17 Å². The Morgan fingerprint density at radius 2 is 1.83 bits per heavy atom. The third-order valence-corrected chi connectivity index (χ3v) is 5.22. The summed E-state index contributed by atoms with van der Waals surface area (Å²) in [5.41, 5.74) is 5.39. The average molecular weight is 403 g/mol. The highest BCUT2D eigenvalue weighted by atomic mass is 16.5. The molecular weight excluding hydrogens is 378 g/mol. The summed E-state index contributed by atoms with van der Waals surface area (Å²) in [6.07, 6.45) is 5.45. The van der Waals surface area contributed by atoms with Crippen molar-refractivity contribution in [3.8, 4) is 11.1 Å². The maximum absolute atomic E-state index is 13.0. The second kappa shape index (κ2) is 8.22. The number of hydrazine groups is 1. The molecule has 3 aromatic rings. The summed E-state index contributed by atoms with van der Waals surface area (Å²) in [7, 11) is 0. The fourth-order valence-electron chi connectivity index (χ4n) is 3.06. The Morgan fingerprint density at radius 3 is 2.50 bits per heavy atom. The normalized spacial score (nSPS) is 13.9. The minimum Gasteiger partial charge on any atom is -0.325 e. The van der Waals surface area contributed by atoms with Crippen LogP contribution in [0.15, 0.2) is 67.0 Å². The molecule has 4 rings (SSSR count). The predicted octanol–water partition coefficient (Wildman–Crippen LogP) is 4.24. The number of nitrogens with zero attached hydrogens (tertiary/aromatic N) is 3. The zero-order chi connectivity index (χ0) is 21.1. The number of carbonyl (C=O) groups is 1. The molecule has 1 aliphatic carbocycles. The van der Waals surface area contributed by atoms with Gasteiger partial charge < -0.3 is 5.32 Å². The van der Waals surface area contributed by atoms with Crippen molar-refractivity contribution in [3.63, 3.8) is 0 Å². The van der Waals surface area contributed by atoms with E-state index < -0.39 is 5.41 Å². The molecule has 30 heavy (non-hydrogen) atoms. The van der Waals surface area contributed by atoms with Gasteiger partial charge >= 0.3 is 0 Å². The van der Waals surface area contributed by atoms with Crippen molar-refractivity contribution in [2.24, 2.45) is 0 Å². The molecule has 0 atom stereocenters. The molecule has 3 N–H and O–H groups in total. The van der Waals surface area contributed by atoms with Crippen LogP contribution in [0, 0.1) is 0 Å². The Balaban J connectivity index is 1.45. The first-order valence-corrected chi connectivity index (χ1v) is 9.98. The molecule has 0 aliphatic heterocycles. The molecule has 154 valence electrons. The summed E-state index contributed by atoms with van der Waals surface area (Å²) < 4.78 is 0. The zero-order valence-corrected chi connectivity index (χ0v) is 17.0. The fraction of sp³-hybridized carbons (Fsp3) is 0.261. The maximum atomic E-state index is 13.0. The van der Waals surface area contributed by atoms with Crippen LogP contribution >= 0.6 is 0 Å². The average Bonchev–Trinajstić information content (AvgIpc) is 3.61. The summed E-state index contributed by atoms with van der Waals surface area (Å²) >= 11 is 0. The van der Waals surface area contributed by atoms with Crippen molar-refractivity contribution in [3.05, 3.63) is 72.7 Å². The first-order chi connectivity index (χ1) is 14.4. The van der Waals surface area contributed by atoms with Gasteiger partial charge in [0, 0.05) is 18.1 Å². The number of amides is 1. The SMILES string of the molecule is CC(C)(C(=O)Nc1ccc(-c2cccnc2)cc1)c1cccc(NN(O)C2CC2)n1. The molecule has 0 spiro atoms. The smallest absolute Gasteiger partial charge is 0.236 e. The van der Waals surface area contributed by atoms with Crippen LogP contribution in [0.25, 0.3) is 11.1 Å². The van der Waals surface area contributed by atoms with Gasteiger partial charge in [-0.05, 0) is 68.1 Å². The number of benzene rings is 1. The van der Waals surface area contributed by atoms with Crippen LogP contribution in [0.5, 0.6) is 0 Å². The van der Waals surface area contributed by atoms with E-state index in [9.17, 15) is 10.0 Å². The second-order valence-electron chi connectivity index (χ2n) is 7.99. The molecule has 2 heterocycles. The molecule has 1 aliphatic rings. The van der Waals surface area contributed by atoms with Gasteiger partial charge in [-0.3, -0.25) is 20.4 Å². The quantitative estimate of drug-likeness (QED) is 0.511. The largest absolute Gasteiger partial charge is 0.325 e. The van der Waals surface area contributed by atoms with E-state index in [2.05, 4.69) is 20.7 Å². The lowest BCUT2D eigenvalue weighted by Crippen LogP contribution is -2.36. The van der Waals surface area contributed by atoms with Crippen molar-refractivity contribution in [1.82, 2.24) is 15.1 Å². The van der Waals surface area contributed by atoms with Crippen LogP contribution in [0.2, 0.25) is 0 Å². The van der Waals surface area contributed by atoms with Crippen LogP contribution in [-0.4, -0.2) is 32.3 Å². The molecule has 1 saturated carbocycles. The number of rotatable bonds is 7. The lowest BCUT2D eigenvalue weighted by atomic mass is 9.87. The van der Waals surface area contributed by atoms with Crippen molar-refractivity contribution in [2.75, 3.05) is 10.7 Å². The van der Waals surface area contributed by atoms with E-state index in [0.717, 1.165) is 29.1 Å². The second-order valence-corrected chi connectivity index (χ2v) is 7.99. The Kier molecular flexibility index (Phi) is 5.48. The number of hydrogen-bond donors (Lipinski definition) is 3. The van der Waals surface area contributed by atoms with Gasteiger partial charge in [-0.2, -0.15) is 0 Å². The summed E-state index contributed by atoms with van der Waals surface area (Å²) in [5.74, 6) is 0.341. The molecule has 0 bridgehead atoms. The van der Waals surface area contributed by atoms with Gasteiger partial charge in [0.25, 0.3) is 0 Å². The van der Waals surface area contributed by atoms with Gasteiger partial charge in [0.05, 0.1) is 17.2 Å². The number of aromatic nitrogens is 2. The van der Waals surface area contributed by atoms with Gasteiger partial charge in [-0.1, -0.05) is 24.3 Å². The number of anilines is 2. The maximum Gasteiger partial charge on any atom is 0.236 e. The number of carbonyl (C=O) groups excluding carboxylic acids is 1. The number of hydrogen-bond acceptors (Lipinski definition) is 6. The van der Waals surface area contributed by atoms with Crippen molar-refractivity contribution < 1.29 is 10.0 Å². The van der Waals surface area contributed by atoms with Gasteiger partial charge in [0.1, 0.15) is 5.82 Å². The monoisotopic (exact) mass is 403 g/mol. The summed E-state index contributed by atoms with van der Waals surface area (Å²) in [6.45, 7) is 3.66. The molecule has 2 aromatic heterocycles. The van der Waals surface area contributed by atoms with Crippen molar-refractivity contribution in [2.45, 2.75) is 38.1 Å². The Labute approximate surface area is 175 Å².